The van der Waals surface area contributed by atoms with Crippen LogP contribution in [0.1, 0.15) is 44.1 Å². The van der Waals surface area contributed by atoms with Crippen molar-refractivity contribution < 1.29 is 4.79 Å². The second-order valence-corrected chi connectivity index (χ2v) is 7.29. The van der Waals surface area contributed by atoms with E-state index >= 15 is 0 Å². The van der Waals surface area contributed by atoms with E-state index in [1.54, 1.807) is 6.20 Å². The molecule has 1 aliphatic rings. The molecule has 1 amide bonds. The minimum atomic E-state index is -0.318. The standard InChI is InChI=1S/C21H24N4O/c1-15(2)25-18(24-17-9-6-13-22-19(17)25)10-14-23-20(26)21(11-12-21)16-7-4-3-5-8-16/h3-9,13,15H,10-12,14H2,1-2H3,(H,23,26). The van der Waals surface area contributed by atoms with Crippen molar-refractivity contribution in [2.24, 2.45) is 0 Å². The third kappa shape index (κ3) is 2.87. The van der Waals surface area contributed by atoms with Gasteiger partial charge in [0.25, 0.3) is 0 Å². The Bertz CT molecular complexity index is 926. The zero-order valence-electron chi connectivity index (χ0n) is 15.3. The van der Waals surface area contributed by atoms with E-state index in [0.717, 1.165) is 35.4 Å². The zero-order valence-corrected chi connectivity index (χ0v) is 15.3. The lowest BCUT2D eigenvalue weighted by atomic mass is 9.95. The average molecular weight is 348 g/mol. The van der Waals surface area contributed by atoms with Crippen LogP contribution in [-0.2, 0) is 16.6 Å². The second kappa shape index (κ2) is 6.56. The van der Waals surface area contributed by atoms with Crippen LogP contribution in [0.25, 0.3) is 11.2 Å². The van der Waals surface area contributed by atoms with Crippen molar-refractivity contribution in [3.05, 3.63) is 60.0 Å². The van der Waals surface area contributed by atoms with Crippen LogP contribution in [-0.4, -0.2) is 27.0 Å². The SMILES string of the molecule is CC(C)n1c(CCNC(=O)C2(c3ccccc3)CC2)nc2cccnc21. The Labute approximate surface area is 153 Å². The summed E-state index contributed by atoms with van der Waals surface area (Å²) >= 11 is 0. The fourth-order valence-corrected chi connectivity index (χ4v) is 3.68. The quantitative estimate of drug-likeness (QED) is 0.743. The topological polar surface area (TPSA) is 59.8 Å². The number of carbonyl (C=O) groups is 1. The molecule has 1 aromatic carbocycles. The van der Waals surface area contributed by atoms with E-state index in [2.05, 4.69) is 40.8 Å². The summed E-state index contributed by atoms with van der Waals surface area (Å²) in [6.07, 6.45) is 4.35. The summed E-state index contributed by atoms with van der Waals surface area (Å²) < 4.78 is 2.16. The number of nitrogens with zero attached hydrogens (tertiary/aromatic N) is 3. The van der Waals surface area contributed by atoms with Gasteiger partial charge in [-0.25, -0.2) is 9.97 Å². The minimum absolute atomic E-state index is 0.133. The number of benzene rings is 1. The van der Waals surface area contributed by atoms with Crippen molar-refractivity contribution >= 4 is 17.1 Å². The van der Waals surface area contributed by atoms with Gasteiger partial charge in [-0.1, -0.05) is 30.3 Å². The molecule has 5 heteroatoms. The van der Waals surface area contributed by atoms with Crippen molar-refractivity contribution in [1.82, 2.24) is 19.9 Å². The van der Waals surface area contributed by atoms with Crippen molar-refractivity contribution in [2.75, 3.05) is 6.54 Å². The van der Waals surface area contributed by atoms with Crippen LogP contribution in [0.15, 0.2) is 48.7 Å². The van der Waals surface area contributed by atoms with Crippen LogP contribution in [0.3, 0.4) is 0 Å². The van der Waals surface area contributed by atoms with E-state index in [1.807, 2.05) is 30.3 Å². The lowest BCUT2D eigenvalue weighted by Gasteiger charge is -2.16. The Hall–Kier alpha value is -2.69. The summed E-state index contributed by atoms with van der Waals surface area (Å²) in [4.78, 5) is 21.9. The Morgan fingerprint density at radius 2 is 1.96 bits per heavy atom. The third-order valence-electron chi connectivity index (χ3n) is 5.18. The number of aromatic nitrogens is 3. The number of carbonyl (C=O) groups excluding carboxylic acids is 1. The highest BCUT2D eigenvalue weighted by Gasteiger charge is 2.50. The van der Waals surface area contributed by atoms with Gasteiger partial charge in [0.15, 0.2) is 5.65 Å². The predicted molar refractivity (Wildman–Crippen MR) is 102 cm³/mol. The summed E-state index contributed by atoms with van der Waals surface area (Å²) in [6.45, 7) is 4.85. The van der Waals surface area contributed by atoms with Crippen molar-refractivity contribution in [2.45, 2.75) is 44.6 Å². The number of hydrogen-bond acceptors (Lipinski definition) is 3. The smallest absolute Gasteiger partial charge is 0.230 e. The summed E-state index contributed by atoms with van der Waals surface area (Å²) in [6, 6.07) is 14.3. The molecule has 0 atom stereocenters. The van der Waals surface area contributed by atoms with Gasteiger partial charge in [-0.3, -0.25) is 4.79 Å². The maximum absolute atomic E-state index is 12.8. The molecule has 3 aromatic rings. The molecule has 26 heavy (non-hydrogen) atoms. The van der Waals surface area contributed by atoms with Gasteiger partial charge in [-0.2, -0.15) is 0 Å². The molecule has 4 rings (SSSR count). The molecule has 1 N–H and O–H groups in total. The van der Waals surface area contributed by atoms with Crippen molar-refractivity contribution in [3.63, 3.8) is 0 Å². The van der Waals surface area contributed by atoms with Gasteiger partial charge >= 0.3 is 0 Å². The first-order valence-electron chi connectivity index (χ1n) is 9.27. The molecule has 0 radical (unpaired) electrons. The molecule has 134 valence electrons. The highest BCUT2D eigenvalue weighted by atomic mass is 16.2. The molecule has 0 aliphatic heterocycles. The lowest BCUT2D eigenvalue weighted by molar-refractivity contribution is -0.123. The highest BCUT2D eigenvalue weighted by molar-refractivity contribution is 5.91. The molecule has 2 aromatic heterocycles. The van der Waals surface area contributed by atoms with Crippen molar-refractivity contribution in [1.29, 1.82) is 0 Å². The van der Waals surface area contributed by atoms with E-state index in [1.165, 1.54) is 0 Å². The average Bonchev–Trinajstić information content (AvgIpc) is 3.38. The molecule has 0 bridgehead atoms. The summed E-state index contributed by atoms with van der Waals surface area (Å²) in [5.41, 5.74) is 2.62. The molecule has 5 nitrogen and oxygen atoms in total. The number of imidazole rings is 1. The number of amides is 1. The van der Waals surface area contributed by atoms with E-state index in [-0.39, 0.29) is 17.4 Å². The summed E-state index contributed by atoms with van der Waals surface area (Å²) in [5.74, 6) is 1.10. The molecule has 0 unspecified atom stereocenters. The Kier molecular flexibility index (Phi) is 4.23. The van der Waals surface area contributed by atoms with E-state index in [9.17, 15) is 4.79 Å². The number of rotatable bonds is 6. The predicted octanol–water partition coefficient (Wildman–Crippen LogP) is 3.40. The van der Waals surface area contributed by atoms with Gasteiger partial charge in [0.2, 0.25) is 5.91 Å². The number of fused-ring (bicyclic) bond motifs is 1. The van der Waals surface area contributed by atoms with Crippen LogP contribution >= 0.6 is 0 Å². The van der Waals surface area contributed by atoms with Crippen LogP contribution < -0.4 is 5.32 Å². The Balaban J connectivity index is 1.46. The molecule has 0 spiro atoms. The first kappa shape index (κ1) is 16.8. The van der Waals surface area contributed by atoms with Crippen LogP contribution in [0.2, 0.25) is 0 Å². The van der Waals surface area contributed by atoms with Gasteiger partial charge in [0.1, 0.15) is 11.3 Å². The first-order chi connectivity index (χ1) is 12.6. The van der Waals surface area contributed by atoms with Crippen LogP contribution in [0.5, 0.6) is 0 Å². The zero-order chi connectivity index (χ0) is 18.1. The highest BCUT2D eigenvalue weighted by Crippen LogP contribution is 2.48. The Morgan fingerprint density at radius 1 is 1.19 bits per heavy atom. The third-order valence-corrected chi connectivity index (χ3v) is 5.18. The van der Waals surface area contributed by atoms with Gasteiger partial charge in [0.05, 0.1) is 5.41 Å². The molecule has 0 saturated heterocycles. The molecular formula is C21H24N4O. The summed E-state index contributed by atoms with van der Waals surface area (Å²) in [5, 5.41) is 3.13. The van der Waals surface area contributed by atoms with Gasteiger partial charge in [-0.15, -0.1) is 0 Å². The monoisotopic (exact) mass is 348 g/mol. The first-order valence-corrected chi connectivity index (χ1v) is 9.27. The molecule has 1 saturated carbocycles. The largest absolute Gasteiger partial charge is 0.355 e. The fraction of sp³-hybridized carbons (Fsp3) is 0.381. The Morgan fingerprint density at radius 3 is 2.65 bits per heavy atom. The van der Waals surface area contributed by atoms with Gasteiger partial charge in [-0.05, 0) is 44.4 Å². The van der Waals surface area contributed by atoms with Crippen LogP contribution in [0, 0.1) is 0 Å². The molecule has 1 fully saturated rings. The molecule has 1 aliphatic carbocycles. The van der Waals surface area contributed by atoms with Gasteiger partial charge < -0.3 is 9.88 Å². The van der Waals surface area contributed by atoms with E-state index in [4.69, 9.17) is 4.98 Å². The summed E-state index contributed by atoms with van der Waals surface area (Å²) in [7, 11) is 0. The van der Waals surface area contributed by atoms with E-state index < -0.39 is 0 Å². The number of nitrogens with one attached hydrogen (secondary N) is 1. The van der Waals surface area contributed by atoms with Crippen molar-refractivity contribution in [3.8, 4) is 0 Å². The lowest BCUT2D eigenvalue weighted by Crippen LogP contribution is -2.36. The fourth-order valence-electron chi connectivity index (χ4n) is 3.68. The van der Waals surface area contributed by atoms with Crippen LogP contribution in [0.4, 0.5) is 0 Å². The van der Waals surface area contributed by atoms with E-state index in [0.29, 0.717) is 13.0 Å². The second-order valence-electron chi connectivity index (χ2n) is 7.29. The van der Waals surface area contributed by atoms with Gasteiger partial charge in [0, 0.05) is 25.2 Å². The normalized spacial score (nSPS) is 15.3. The molecule has 2 heterocycles. The number of pyridine rings is 1. The maximum atomic E-state index is 12.8. The maximum Gasteiger partial charge on any atom is 0.230 e. The number of hydrogen-bond donors (Lipinski definition) is 1. The molecular weight excluding hydrogens is 324 g/mol. The minimum Gasteiger partial charge on any atom is -0.355 e.